The highest BCUT2D eigenvalue weighted by Crippen LogP contribution is 2.28. The SMILES string of the molecule is O=C(Nc1cncnc1OC1CCCNC1)c1ccc(F)c(-c2c(F)cccc2F)n1. The molecule has 0 spiro atoms. The summed E-state index contributed by atoms with van der Waals surface area (Å²) in [5, 5.41) is 5.78. The number of ether oxygens (including phenoxy) is 1. The van der Waals surface area contributed by atoms with E-state index in [4.69, 9.17) is 4.74 Å². The quantitative estimate of drug-likeness (QED) is 0.647. The van der Waals surface area contributed by atoms with Crippen LogP contribution in [-0.4, -0.2) is 40.1 Å². The van der Waals surface area contributed by atoms with E-state index in [9.17, 15) is 18.0 Å². The highest BCUT2D eigenvalue weighted by molar-refractivity contribution is 6.03. The van der Waals surface area contributed by atoms with Crippen molar-refractivity contribution >= 4 is 11.6 Å². The Hall–Kier alpha value is -3.53. The van der Waals surface area contributed by atoms with Gasteiger partial charge in [-0.15, -0.1) is 0 Å². The Balaban J connectivity index is 1.59. The molecule has 2 N–H and O–H groups in total. The van der Waals surface area contributed by atoms with Gasteiger partial charge in [0.1, 0.15) is 47.0 Å². The number of pyridine rings is 1. The minimum atomic E-state index is -0.989. The molecule has 1 aliphatic heterocycles. The number of halogens is 3. The van der Waals surface area contributed by atoms with Crippen LogP contribution in [0.25, 0.3) is 11.3 Å². The summed E-state index contributed by atoms with van der Waals surface area (Å²) in [6, 6.07) is 5.16. The summed E-state index contributed by atoms with van der Waals surface area (Å²) in [5.74, 6) is -3.49. The summed E-state index contributed by atoms with van der Waals surface area (Å²) in [5.41, 5.74) is -1.29. The fourth-order valence-corrected chi connectivity index (χ4v) is 3.23. The van der Waals surface area contributed by atoms with Crippen LogP contribution in [-0.2, 0) is 0 Å². The van der Waals surface area contributed by atoms with Gasteiger partial charge in [0, 0.05) is 6.54 Å². The lowest BCUT2D eigenvalue weighted by molar-refractivity contribution is 0.102. The molecule has 1 fully saturated rings. The Kier molecular flexibility index (Phi) is 6.08. The van der Waals surface area contributed by atoms with Gasteiger partial charge in [-0.3, -0.25) is 4.79 Å². The van der Waals surface area contributed by atoms with E-state index < -0.39 is 34.6 Å². The molecule has 7 nitrogen and oxygen atoms in total. The van der Waals surface area contributed by atoms with Crippen LogP contribution >= 0.6 is 0 Å². The molecule has 4 rings (SSSR count). The number of rotatable bonds is 5. The first-order valence-electron chi connectivity index (χ1n) is 9.62. The van der Waals surface area contributed by atoms with Gasteiger partial charge in [0.15, 0.2) is 0 Å². The molecular formula is C21H18F3N5O2. The summed E-state index contributed by atoms with van der Waals surface area (Å²) in [6.45, 7) is 1.56. The summed E-state index contributed by atoms with van der Waals surface area (Å²) in [6.07, 6.45) is 4.32. The third-order valence-corrected chi connectivity index (χ3v) is 4.73. The Morgan fingerprint density at radius 1 is 1.13 bits per heavy atom. The second-order valence-corrected chi connectivity index (χ2v) is 6.91. The molecule has 10 heteroatoms. The number of amides is 1. The molecule has 0 saturated carbocycles. The molecule has 1 amide bonds. The van der Waals surface area contributed by atoms with Crippen molar-refractivity contribution < 1.29 is 22.7 Å². The lowest BCUT2D eigenvalue weighted by Gasteiger charge is -2.24. The van der Waals surface area contributed by atoms with Crippen molar-refractivity contribution in [1.82, 2.24) is 20.3 Å². The number of carbonyl (C=O) groups excluding carboxylic acids is 1. The van der Waals surface area contributed by atoms with Crippen molar-refractivity contribution in [3.05, 3.63) is 66.0 Å². The standard InChI is InChI=1S/C21H18F3N5O2/c22-13-4-1-5-14(23)18(13)19-15(24)6-7-16(28-19)20(30)29-17-10-26-11-27-21(17)31-12-3-2-8-25-9-12/h1,4-7,10-12,25H,2-3,8-9H2,(H,29,30). The molecule has 3 heterocycles. The van der Waals surface area contributed by atoms with Crippen LogP contribution < -0.4 is 15.4 Å². The Bertz CT molecular complexity index is 1090. The Morgan fingerprint density at radius 2 is 1.94 bits per heavy atom. The second-order valence-electron chi connectivity index (χ2n) is 6.91. The van der Waals surface area contributed by atoms with Crippen molar-refractivity contribution in [1.29, 1.82) is 0 Å². The zero-order chi connectivity index (χ0) is 21.8. The molecule has 31 heavy (non-hydrogen) atoms. The fourth-order valence-electron chi connectivity index (χ4n) is 3.23. The molecule has 1 unspecified atom stereocenters. The Morgan fingerprint density at radius 3 is 2.68 bits per heavy atom. The van der Waals surface area contributed by atoms with E-state index in [1.807, 2.05) is 0 Å². The van der Waals surface area contributed by atoms with Crippen LogP contribution in [0.4, 0.5) is 18.9 Å². The van der Waals surface area contributed by atoms with Crippen LogP contribution in [0.2, 0.25) is 0 Å². The number of anilines is 1. The molecule has 0 bridgehead atoms. The minimum absolute atomic E-state index is 0.112. The smallest absolute Gasteiger partial charge is 0.274 e. The molecule has 1 aliphatic rings. The van der Waals surface area contributed by atoms with Crippen LogP contribution in [0, 0.1) is 17.5 Å². The van der Waals surface area contributed by atoms with Gasteiger partial charge < -0.3 is 15.4 Å². The normalized spacial score (nSPS) is 16.0. The molecule has 1 aromatic carbocycles. The van der Waals surface area contributed by atoms with E-state index in [1.165, 1.54) is 12.5 Å². The fraction of sp³-hybridized carbons (Fsp3) is 0.238. The van der Waals surface area contributed by atoms with Crippen molar-refractivity contribution in [2.45, 2.75) is 18.9 Å². The predicted molar refractivity (Wildman–Crippen MR) is 106 cm³/mol. The molecule has 2 aromatic heterocycles. The monoisotopic (exact) mass is 429 g/mol. The number of nitrogens with one attached hydrogen (secondary N) is 2. The molecule has 1 saturated heterocycles. The van der Waals surface area contributed by atoms with Gasteiger partial charge in [-0.25, -0.2) is 23.1 Å². The molecule has 0 radical (unpaired) electrons. The maximum absolute atomic E-state index is 14.3. The van der Waals surface area contributed by atoms with Crippen molar-refractivity contribution in [2.24, 2.45) is 0 Å². The van der Waals surface area contributed by atoms with E-state index in [0.29, 0.717) is 6.54 Å². The van der Waals surface area contributed by atoms with Gasteiger partial charge >= 0.3 is 0 Å². The van der Waals surface area contributed by atoms with Gasteiger partial charge in [0.2, 0.25) is 5.88 Å². The van der Waals surface area contributed by atoms with E-state index >= 15 is 0 Å². The van der Waals surface area contributed by atoms with Crippen molar-refractivity contribution in [3.63, 3.8) is 0 Å². The maximum atomic E-state index is 14.3. The highest BCUT2D eigenvalue weighted by Gasteiger charge is 2.21. The van der Waals surface area contributed by atoms with Gasteiger partial charge in [-0.2, -0.15) is 4.98 Å². The first kappa shape index (κ1) is 20.7. The lowest BCUT2D eigenvalue weighted by atomic mass is 10.1. The van der Waals surface area contributed by atoms with Gasteiger partial charge in [-0.05, 0) is 43.7 Å². The van der Waals surface area contributed by atoms with Crippen molar-refractivity contribution in [3.8, 4) is 17.1 Å². The van der Waals surface area contributed by atoms with Crippen LogP contribution in [0.3, 0.4) is 0 Å². The van der Waals surface area contributed by atoms with Crippen LogP contribution in [0.5, 0.6) is 5.88 Å². The van der Waals surface area contributed by atoms with E-state index in [0.717, 1.165) is 49.7 Å². The van der Waals surface area contributed by atoms with E-state index in [2.05, 4.69) is 25.6 Å². The molecular weight excluding hydrogens is 411 g/mol. The largest absolute Gasteiger partial charge is 0.471 e. The number of nitrogens with zero attached hydrogens (tertiary/aromatic N) is 3. The number of hydrogen-bond acceptors (Lipinski definition) is 6. The van der Waals surface area contributed by atoms with Crippen LogP contribution in [0.1, 0.15) is 23.3 Å². The first-order valence-corrected chi connectivity index (χ1v) is 9.62. The average Bonchev–Trinajstić information content (AvgIpc) is 2.77. The van der Waals surface area contributed by atoms with E-state index in [1.54, 1.807) is 0 Å². The van der Waals surface area contributed by atoms with Gasteiger partial charge in [0.25, 0.3) is 5.91 Å². The molecule has 0 aliphatic carbocycles. The zero-order valence-corrected chi connectivity index (χ0v) is 16.2. The van der Waals surface area contributed by atoms with Crippen molar-refractivity contribution in [2.75, 3.05) is 18.4 Å². The number of carbonyl (C=O) groups is 1. The average molecular weight is 429 g/mol. The van der Waals surface area contributed by atoms with Gasteiger partial charge in [0.05, 0.1) is 11.8 Å². The van der Waals surface area contributed by atoms with Gasteiger partial charge in [-0.1, -0.05) is 6.07 Å². The molecule has 160 valence electrons. The Labute approximate surface area is 175 Å². The summed E-state index contributed by atoms with van der Waals surface area (Å²) in [7, 11) is 0. The lowest BCUT2D eigenvalue weighted by Crippen LogP contribution is -2.37. The topological polar surface area (TPSA) is 89.0 Å². The molecule has 1 atom stereocenters. The summed E-state index contributed by atoms with van der Waals surface area (Å²) >= 11 is 0. The number of piperidine rings is 1. The van der Waals surface area contributed by atoms with Crippen LogP contribution in [0.15, 0.2) is 42.9 Å². The summed E-state index contributed by atoms with van der Waals surface area (Å²) < 4.78 is 48.3. The molecule has 3 aromatic rings. The zero-order valence-electron chi connectivity index (χ0n) is 16.2. The van der Waals surface area contributed by atoms with E-state index in [-0.39, 0.29) is 23.4 Å². The second kappa shape index (κ2) is 9.09. The highest BCUT2D eigenvalue weighted by atomic mass is 19.1. The third-order valence-electron chi connectivity index (χ3n) is 4.73. The number of benzene rings is 1. The first-order chi connectivity index (χ1) is 15.0. The third kappa shape index (κ3) is 4.64. The number of hydrogen-bond donors (Lipinski definition) is 2. The summed E-state index contributed by atoms with van der Waals surface area (Å²) in [4.78, 5) is 24.5. The maximum Gasteiger partial charge on any atom is 0.274 e. The number of aromatic nitrogens is 3. The predicted octanol–water partition coefficient (Wildman–Crippen LogP) is 3.34. The minimum Gasteiger partial charge on any atom is -0.471 e.